The van der Waals surface area contributed by atoms with Crippen LogP contribution in [0.2, 0.25) is 5.15 Å². The normalized spacial score (nSPS) is 16.7. The first-order chi connectivity index (χ1) is 8.77. The summed E-state index contributed by atoms with van der Waals surface area (Å²) < 4.78 is 1.75. The minimum atomic E-state index is 0.0837. The number of rotatable bonds is 6. The SMILES string of the molecule is CCC(C)(C(Cc1c(C)nn(C)c1Cl)NC)N(C)C. The number of likely N-dealkylation sites (N-methyl/N-ethyl adjacent to an activating group) is 2. The lowest BCUT2D eigenvalue weighted by atomic mass is 9.84. The Bertz CT molecular complexity index is 427. The van der Waals surface area contributed by atoms with Crippen molar-refractivity contribution < 1.29 is 0 Å². The first kappa shape index (κ1) is 16.5. The molecule has 0 spiro atoms. The van der Waals surface area contributed by atoms with Crippen LogP contribution < -0.4 is 5.32 Å². The van der Waals surface area contributed by atoms with Gasteiger partial charge in [0.1, 0.15) is 5.15 Å². The fourth-order valence-electron chi connectivity index (χ4n) is 2.62. The van der Waals surface area contributed by atoms with Gasteiger partial charge in [-0.25, -0.2) is 0 Å². The van der Waals surface area contributed by atoms with Gasteiger partial charge in [-0.05, 0) is 47.8 Å². The van der Waals surface area contributed by atoms with E-state index in [1.807, 2.05) is 21.0 Å². The van der Waals surface area contributed by atoms with E-state index in [1.54, 1.807) is 4.68 Å². The highest BCUT2D eigenvalue weighted by Crippen LogP contribution is 2.27. The van der Waals surface area contributed by atoms with Crippen molar-refractivity contribution in [1.29, 1.82) is 0 Å². The number of halogens is 1. The fraction of sp³-hybridized carbons (Fsp3) is 0.786. The van der Waals surface area contributed by atoms with Crippen LogP contribution in [0.5, 0.6) is 0 Å². The molecule has 1 aromatic heterocycles. The van der Waals surface area contributed by atoms with Gasteiger partial charge in [-0.15, -0.1) is 0 Å². The molecule has 0 aromatic carbocycles. The van der Waals surface area contributed by atoms with Gasteiger partial charge in [0.2, 0.25) is 0 Å². The molecule has 1 N–H and O–H groups in total. The molecule has 1 aromatic rings. The Morgan fingerprint density at radius 2 is 2.05 bits per heavy atom. The molecule has 0 aliphatic carbocycles. The predicted octanol–water partition coefficient (Wildman–Crippen LogP) is 2.24. The van der Waals surface area contributed by atoms with Crippen molar-refractivity contribution >= 4 is 11.6 Å². The van der Waals surface area contributed by atoms with Crippen LogP contribution in [0.25, 0.3) is 0 Å². The molecule has 0 aliphatic heterocycles. The Balaban J connectivity index is 3.06. The van der Waals surface area contributed by atoms with Crippen LogP contribution >= 0.6 is 11.6 Å². The van der Waals surface area contributed by atoms with Crippen LogP contribution in [0.15, 0.2) is 0 Å². The van der Waals surface area contributed by atoms with E-state index in [0.717, 1.165) is 29.3 Å². The average molecular weight is 287 g/mol. The Morgan fingerprint density at radius 3 is 2.37 bits per heavy atom. The molecule has 2 unspecified atom stereocenters. The molecule has 0 fully saturated rings. The van der Waals surface area contributed by atoms with Crippen LogP contribution in [0, 0.1) is 6.92 Å². The van der Waals surface area contributed by atoms with Gasteiger partial charge in [-0.1, -0.05) is 18.5 Å². The summed E-state index contributed by atoms with van der Waals surface area (Å²) in [5, 5.41) is 8.59. The van der Waals surface area contributed by atoms with E-state index in [-0.39, 0.29) is 5.54 Å². The van der Waals surface area contributed by atoms with E-state index in [4.69, 9.17) is 11.6 Å². The maximum Gasteiger partial charge on any atom is 0.130 e. The number of aryl methyl sites for hydroxylation is 2. The van der Waals surface area contributed by atoms with E-state index in [9.17, 15) is 0 Å². The van der Waals surface area contributed by atoms with E-state index in [0.29, 0.717) is 6.04 Å². The van der Waals surface area contributed by atoms with E-state index >= 15 is 0 Å². The van der Waals surface area contributed by atoms with Crippen LogP contribution in [0.4, 0.5) is 0 Å². The van der Waals surface area contributed by atoms with Gasteiger partial charge in [0.05, 0.1) is 5.69 Å². The second kappa shape index (κ2) is 6.25. The summed E-state index contributed by atoms with van der Waals surface area (Å²) in [6.07, 6.45) is 1.96. The smallest absolute Gasteiger partial charge is 0.130 e. The summed E-state index contributed by atoms with van der Waals surface area (Å²) in [4.78, 5) is 2.29. The molecular formula is C14H27ClN4. The number of nitrogens with one attached hydrogen (secondary N) is 1. The van der Waals surface area contributed by atoms with Crippen molar-refractivity contribution in [1.82, 2.24) is 20.0 Å². The second-order valence-corrected chi connectivity index (χ2v) is 5.99. The zero-order valence-corrected chi connectivity index (χ0v) is 14.0. The summed E-state index contributed by atoms with van der Waals surface area (Å²) in [6, 6.07) is 0.327. The lowest BCUT2D eigenvalue weighted by molar-refractivity contribution is 0.116. The highest BCUT2D eigenvalue weighted by atomic mass is 35.5. The molecule has 1 heterocycles. The first-order valence-electron chi connectivity index (χ1n) is 6.80. The lowest BCUT2D eigenvalue weighted by Gasteiger charge is -2.42. The zero-order valence-electron chi connectivity index (χ0n) is 13.2. The Labute approximate surface area is 122 Å². The molecule has 0 amide bonds. The van der Waals surface area contributed by atoms with Gasteiger partial charge in [-0.2, -0.15) is 5.10 Å². The molecule has 19 heavy (non-hydrogen) atoms. The molecular weight excluding hydrogens is 260 g/mol. The number of nitrogens with zero attached hydrogens (tertiary/aromatic N) is 3. The third kappa shape index (κ3) is 3.12. The molecule has 2 atom stereocenters. The Hall–Kier alpha value is -0.580. The van der Waals surface area contributed by atoms with E-state index in [1.165, 1.54) is 0 Å². The molecule has 0 aliphatic rings. The lowest BCUT2D eigenvalue weighted by Crippen LogP contribution is -2.57. The van der Waals surface area contributed by atoms with Crippen molar-refractivity contribution in [3.05, 3.63) is 16.4 Å². The van der Waals surface area contributed by atoms with Crippen molar-refractivity contribution in [2.45, 2.75) is 45.2 Å². The minimum absolute atomic E-state index is 0.0837. The van der Waals surface area contributed by atoms with Crippen molar-refractivity contribution in [3.8, 4) is 0 Å². The van der Waals surface area contributed by atoms with Gasteiger partial charge >= 0.3 is 0 Å². The summed E-state index contributed by atoms with van der Waals surface area (Å²) in [5.74, 6) is 0. The topological polar surface area (TPSA) is 33.1 Å². The Kier molecular flexibility index (Phi) is 5.42. The predicted molar refractivity (Wildman–Crippen MR) is 81.9 cm³/mol. The van der Waals surface area contributed by atoms with Crippen LogP contribution in [-0.4, -0.2) is 47.4 Å². The maximum atomic E-state index is 6.35. The highest BCUT2D eigenvalue weighted by Gasteiger charge is 2.34. The molecule has 4 nitrogen and oxygen atoms in total. The van der Waals surface area contributed by atoms with Gasteiger partial charge in [0.15, 0.2) is 0 Å². The van der Waals surface area contributed by atoms with Crippen LogP contribution in [0.3, 0.4) is 0 Å². The van der Waals surface area contributed by atoms with Crippen molar-refractivity contribution in [2.24, 2.45) is 7.05 Å². The average Bonchev–Trinajstić information content (AvgIpc) is 2.60. The quantitative estimate of drug-likeness (QED) is 0.871. The molecule has 0 saturated heterocycles. The number of hydrogen-bond acceptors (Lipinski definition) is 3. The standard InChI is InChI=1S/C14H27ClN4/c1-8-14(3,18(5)6)12(16-4)9-11-10(2)17-19(7)13(11)15/h12,16H,8-9H2,1-7H3. The number of hydrogen-bond donors (Lipinski definition) is 1. The van der Waals surface area contributed by atoms with E-state index in [2.05, 4.69) is 43.3 Å². The summed E-state index contributed by atoms with van der Waals surface area (Å²) >= 11 is 6.35. The monoisotopic (exact) mass is 286 g/mol. The zero-order chi connectivity index (χ0) is 14.8. The van der Waals surface area contributed by atoms with Gasteiger partial charge < -0.3 is 10.2 Å². The van der Waals surface area contributed by atoms with Crippen molar-refractivity contribution in [2.75, 3.05) is 21.1 Å². The van der Waals surface area contributed by atoms with Crippen LogP contribution in [-0.2, 0) is 13.5 Å². The van der Waals surface area contributed by atoms with Crippen molar-refractivity contribution in [3.63, 3.8) is 0 Å². The maximum absolute atomic E-state index is 6.35. The van der Waals surface area contributed by atoms with Crippen LogP contribution in [0.1, 0.15) is 31.5 Å². The molecule has 0 bridgehead atoms. The fourth-order valence-corrected chi connectivity index (χ4v) is 2.87. The third-order valence-corrected chi connectivity index (χ3v) is 4.99. The molecule has 110 valence electrons. The third-order valence-electron chi connectivity index (χ3n) is 4.51. The molecule has 5 heteroatoms. The molecule has 1 rings (SSSR count). The molecule has 0 saturated carbocycles. The number of aromatic nitrogens is 2. The summed E-state index contributed by atoms with van der Waals surface area (Å²) in [6.45, 7) is 6.53. The van der Waals surface area contributed by atoms with Gasteiger partial charge in [-0.3, -0.25) is 4.68 Å². The van der Waals surface area contributed by atoms with Gasteiger partial charge in [0, 0.05) is 24.2 Å². The van der Waals surface area contributed by atoms with E-state index < -0.39 is 0 Å². The second-order valence-electron chi connectivity index (χ2n) is 5.63. The Morgan fingerprint density at radius 1 is 1.47 bits per heavy atom. The summed E-state index contributed by atoms with van der Waals surface area (Å²) in [5.41, 5.74) is 2.25. The highest BCUT2D eigenvalue weighted by molar-refractivity contribution is 6.30. The molecule has 0 radical (unpaired) electrons. The minimum Gasteiger partial charge on any atom is -0.315 e. The van der Waals surface area contributed by atoms with Gasteiger partial charge in [0.25, 0.3) is 0 Å². The first-order valence-corrected chi connectivity index (χ1v) is 7.18. The largest absolute Gasteiger partial charge is 0.315 e. The summed E-state index contributed by atoms with van der Waals surface area (Å²) in [7, 11) is 8.16.